The molecule has 1 aliphatic carbocycles. The first-order valence-electron chi connectivity index (χ1n) is 8.37. The molecule has 0 bridgehead atoms. The molecule has 0 atom stereocenters. The number of para-hydroxylation sites is 1. The Morgan fingerprint density at radius 3 is 2.96 bits per heavy atom. The molecule has 2 heterocycles. The summed E-state index contributed by atoms with van der Waals surface area (Å²) in [7, 11) is 0. The van der Waals surface area contributed by atoms with Gasteiger partial charge in [-0.05, 0) is 25.0 Å². The highest BCUT2D eigenvalue weighted by Crippen LogP contribution is 2.36. The first-order valence-corrected chi connectivity index (χ1v) is 8.37. The standard InChI is InChI=1S/C18H21N3O2/c22-17(20-14-6-2-1-3-7-14)11-21-18-13(10-19-21)12-23-16-9-5-4-8-15(16)18/h4-5,8-10,14H,1-3,6-7,11-12H2,(H,20,22). The highest BCUT2D eigenvalue weighted by Gasteiger charge is 2.23. The van der Waals surface area contributed by atoms with Crippen molar-refractivity contribution in [3.05, 3.63) is 36.0 Å². The third kappa shape index (κ3) is 2.83. The number of aromatic nitrogens is 2. The smallest absolute Gasteiger partial charge is 0.241 e. The molecular formula is C18H21N3O2. The molecule has 1 amide bonds. The number of benzene rings is 1. The Kier molecular flexibility index (Phi) is 3.77. The van der Waals surface area contributed by atoms with Crippen molar-refractivity contribution < 1.29 is 9.53 Å². The van der Waals surface area contributed by atoms with Gasteiger partial charge in [0.15, 0.2) is 0 Å². The Morgan fingerprint density at radius 2 is 2.09 bits per heavy atom. The van der Waals surface area contributed by atoms with E-state index in [1.54, 1.807) is 10.9 Å². The summed E-state index contributed by atoms with van der Waals surface area (Å²) in [5.74, 6) is 0.904. The summed E-state index contributed by atoms with van der Waals surface area (Å²) in [5, 5.41) is 7.56. The van der Waals surface area contributed by atoms with Crippen LogP contribution in [0.4, 0.5) is 0 Å². The fourth-order valence-corrected chi connectivity index (χ4v) is 3.56. The maximum atomic E-state index is 12.4. The van der Waals surface area contributed by atoms with E-state index >= 15 is 0 Å². The summed E-state index contributed by atoms with van der Waals surface area (Å²) in [6.45, 7) is 0.775. The zero-order valence-electron chi connectivity index (χ0n) is 13.1. The number of nitrogens with one attached hydrogen (secondary N) is 1. The fourth-order valence-electron chi connectivity index (χ4n) is 3.56. The van der Waals surface area contributed by atoms with E-state index < -0.39 is 0 Å². The second kappa shape index (κ2) is 6.07. The van der Waals surface area contributed by atoms with Crippen LogP contribution in [0.1, 0.15) is 37.7 Å². The molecule has 23 heavy (non-hydrogen) atoms. The van der Waals surface area contributed by atoms with Gasteiger partial charge in [0.2, 0.25) is 5.91 Å². The van der Waals surface area contributed by atoms with Gasteiger partial charge in [-0.25, -0.2) is 0 Å². The second-order valence-electron chi connectivity index (χ2n) is 6.36. The van der Waals surface area contributed by atoms with Gasteiger partial charge < -0.3 is 10.1 Å². The number of hydrogen-bond acceptors (Lipinski definition) is 3. The van der Waals surface area contributed by atoms with Crippen LogP contribution in [-0.2, 0) is 17.9 Å². The lowest BCUT2D eigenvalue weighted by Gasteiger charge is -2.23. The van der Waals surface area contributed by atoms with Gasteiger partial charge >= 0.3 is 0 Å². The lowest BCUT2D eigenvalue weighted by atomic mass is 9.95. The molecule has 120 valence electrons. The van der Waals surface area contributed by atoms with Gasteiger partial charge in [-0.3, -0.25) is 9.48 Å². The first-order chi connectivity index (χ1) is 11.3. The van der Waals surface area contributed by atoms with E-state index in [1.807, 2.05) is 24.3 Å². The molecule has 1 aromatic carbocycles. The van der Waals surface area contributed by atoms with Crippen molar-refractivity contribution in [2.75, 3.05) is 0 Å². The van der Waals surface area contributed by atoms with Crippen LogP contribution >= 0.6 is 0 Å². The summed E-state index contributed by atoms with van der Waals surface area (Å²) in [4.78, 5) is 12.4. The van der Waals surface area contributed by atoms with Crippen LogP contribution in [0.2, 0.25) is 0 Å². The molecule has 2 aliphatic rings. The molecule has 0 unspecified atom stereocenters. The number of ether oxygens (including phenoxy) is 1. The second-order valence-corrected chi connectivity index (χ2v) is 6.36. The summed E-state index contributed by atoms with van der Waals surface area (Å²) in [5.41, 5.74) is 3.05. The van der Waals surface area contributed by atoms with E-state index in [4.69, 9.17) is 4.74 Å². The summed E-state index contributed by atoms with van der Waals surface area (Å²) in [6, 6.07) is 8.25. The average molecular weight is 311 g/mol. The fraction of sp³-hybridized carbons (Fsp3) is 0.444. The van der Waals surface area contributed by atoms with Crippen molar-refractivity contribution >= 4 is 5.91 Å². The van der Waals surface area contributed by atoms with Crippen LogP contribution in [0.3, 0.4) is 0 Å². The average Bonchev–Trinajstić information content (AvgIpc) is 2.99. The molecule has 1 aliphatic heterocycles. The minimum Gasteiger partial charge on any atom is -0.488 e. The van der Waals surface area contributed by atoms with E-state index in [1.165, 1.54) is 19.3 Å². The maximum Gasteiger partial charge on any atom is 0.241 e. The molecule has 5 nitrogen and oxygen atoms in total. The topological polar surface area (TPSA) is 56.2 Å². The van der Waals surface area contributed by atoms with Gasteiger partial charge in [0.05, 0.1) is 11.9 Å². The molecule has 1 saturated carbocycles. The number of rotatable bonds is 3. The monoisotopic (exact) mass is 311 g/mol. The Hall–Kier alpha value is -2.30. The Bertz CT molecular complexity index is 717. The maximum absolute atomic E-state index is 12.4. The number of nitrogens with zero attached hydrogens (tertiary/aromatic N) is 2. The van der Waals surface area contributed by atoms with Crippen molar-refractivity contribution in [2.45, 2.75) is 51.3 Å². The van der Waals surface area contributed by atoms with E-state index in [-0.39, 0.29) is 12.5 Å². The Balaban J connectivity index is 1.53. The molecule has 5 heteroatoms. The van der Waals surface area contributed by atoms with Crippen LogP contribution in [0.15, 0.2) is 30.5 Å². The normalized spacial score (nSPS) is 17.0. The molecule has 4 rings (SSSR count). The number of amides is 1. The molecule has 1 N–H and O–H groups in total. The highest BCUT2D eigenvalue weighted by atomic mass is 16.5. The van der Waals surface area contributed by atoms with Gasteiger partial charge in [0.25, 0.3) is 0 Å². The lowest BCUT2D eigenvalue weighted by molar-refractivity contribution is -0.122. The van der Waals surface area contributed by atoms with Gasteiger partial charge in [-0.2, -0.15) is 5.10 Å². The SMILES string of the molecule is O=C(Cn1ncc2c1-c1ccccc1OC2)NC1CCCCC1. The molecule has 2 aromatic rings. The summed E-state index contributed by atoms with van der Waals surface area (Å²) >= 11 is 0. The largest absolute Gasteiger partial charge is 0.488 e. The number of carbonyl (C=O) groups excluding carboxylic acids is 1. The highest BCUT2D eigenvalue weighted by molar-refractivity contribution is 5.78. The van der Waals surface area contributed by atoms with Crippen LogP contribution in [0.5, 0.6) is 5.75 Å². The van der Waals surface area contributed by atoms with Gasteiger partial charge in [-0.1, -0.05) is 31.4 Å². The molecule has 0 radical (unpaired) electrons. The lowest BCUT2D eigenvalue weighted by Crippen LogP contribution is -2.38. The van der Waals surface area contributed by atoms with Crippen molar-refractivity contribution in [3.63, 3.8) is 0 Å². The zero-order valence-corrected chi connectivity index (χ0v) is 13.1. The Labute approximate surface area is 135 Å². The van der Waals surface area contributed by atoms with Crippen molar-refractivity contribution in [1.29, 1.82) is 0 Å². The van der Waals surface area contributed by atoms with Crippen molar-refractivity contribution in [3.8, 4) is 17.0 Å². The predicted molar refractivity (Wildman–Crippen MR) is 87.0 cm³/mol. The molecule has 0 spiro atoms. The van der Waals surface area contributed by atoms with Gasteiger partial charge in [0.1, 0.15) is 18.9 Å². The van der Waals surface area contributed by atoms with Crippen molar-refractivity contribution in [2.24, 2.45) is 0 Å². The number of fused-ring (bicyclic) bond motifs is 3. The Morgan fingerprint density at radius 1 is 1.26 bits per heavy atom. The summed E-state index contributed by atoms with van der Waals surface area (Å²) < 4.78 is 7.54. The van der Waals surface area contributed by atoms with Crippen molar-refractivity contribution in [1.82, 2.24) is 15.1 Å². The molecule has 0 saturated heterocycles. The minimum atomic E-state index is 0.0479. The van der Waals surface area contributed by atoms with Crippen LogP contribution in [-0.4, -0.2) is 21.7 Å². The van der Waals surface area contributed by atoms with Gasteiger partial charge in [-0.15, -0.1) is 0 Å². The third-order valence-electron chi connectivity index (χ3n) is 4.70. The van der Waals surface area contributed by atoms with Gasteiger partial charge in [0, 0.05) is 17.2 Å². The third-order valence-corrected chi connectivity index (χ3v) is 4.70. The van der Waals surface area contributed by atoms with E-state index in [9.17, 15) is 4.79 Å². The molecule has 1 fully saturated rings. The van der Waals surface area contributed by atoms with Crippen LogP contribution < -0.4 is 10.1 Å². The summed E-state index contributed by atoms with van der Waals surface area (Å²) in [6.07, 6.45) is 7.72. The number of carbonyl (C=O) groups is 1. The quantitative estimate of drug-likeness (QED) is 0.948. The minimum absolute atomic E-state index is 0.0479. The van der Waals surface area contributed by atoms with E-state index in [2.05, 4.69) is 10.4 Å². The molecule has 1 aromatic heterocycles. The first kappa shape index (κ1) is 14.3. The van der Waals surface area contributed by atoms with E-state index in [0.29, 0.717) is 12.6 Å². The van der Waals surface area contributed by atoms with E-state index in [0.717, 1.165) is 35.4 Å². The predicted octanol–water partition coefficient (Wildman–Crippen LogP) is 2.89. The molecular weight excluding hydrogens is 290 g/mol. The van der Waals surface area contributed by atoms with Crippen LogP contribution in [0, 0.1) is 0 Å². The number of hydrogen-bond donors (Lipinski definition) is 1. The van der Waals surface area contributed by atoms with Crippen LogP contribution in [0.25, 0.3) is 11.3 Å². The zero-order chi connectivity index (χ0) is 15.6.